The highest BCUT2D eigenvalue weighted by atomic mass is 32.1. The molecule has 32 heavy (non-hydrogen) atoms. The smallest absolute Gasteiger partial charge is 0.254 e. The van der Waals surface area contributed by atoms with Crippen molar-refractivity contribution >= 4 is 33.3 Å². The highest BCUT2D eigenvalue weighted by Crippen LogP contribution is 2.35. The number of amides is 1. The number of rotatable bonds is 3. The third-order valence-corrected chi connectivity index (χ3v) is 6.58. The molecule has 0 bridgehead atoms. The van der Waals surface area contributed by atoms with E-state index in [0.717, 1.165) is 38.8 Å². The van der Waals surface area contributed by atoms with Gasteiger partial charge in [0.15, 0.2) is 17.3 Å². The fourth-order valence-corrected chi connectivity index (χ4v) is 4.73. The van der Waals surface area contributed by atoms with Crippen molar-refractivity contribution < 1.29 is 14.3 Å². The topological polar surface area (TPSA) is 80.7 Å². The molecule has 9 heteroatoms. The number of hydrogen-bond acceptors (Lipinski definition) is 8. The van der Waals surface area contributed by atoms with Crippen molar-refractivity contribution in [1.82, 2.24) is 20.1 Å². The van der Waals surface area contributed by atoms with Gasteiger partial charge in [-0.05, 0) is 48.5 Å². The summed E-state index contributed by atoms with van der Waals surface area (Å²) in [5, 5.41) is 8.83. The van der Waals surface area contributed by atoms with E-state index in [1.165, 1.54) is 0 Å². The zero-order valence-electron chi connectivity index (χ0n) is 17.1. The summed E-state index contributed by atoms with van der Waals surface area (Å²) in [5.74, 6) is 2.35. The van der Waals surface area contributed by atoms with E-state index in [0.29, 0.717) is 31.7 Å². The maximum Gasteiger partial charge on any atom is 0.254 e. The molecule has 0 unspecified atom stereocenters. The van der Waals surface area contributed by atoms with Gasteiger partial charge in [0, 0.05) is 37.3 Å². The lowest BCUT2D eigenvalue weighted by molar-refractivity contribution is 0.0746. The lowest BCUT2D eigenvalue weighted by Gasteiger charge is -2.35. The van der Waals surface area contributed by atoms with Gasteiger partial charge in [0.2, 0.25) is 6.79 Å². The van der Waals surface area contributed by atoms with Crippen molar-refractivity contribution in [3.63, 3.8) is 0 Å². The van der Waals surface area contributed by atoms with E-state index in [4.69, 9.17) is 9.47 Å². The molecule has 1 saturated heterocycles. The molecule has 2 aliphatic rings. The summed E-state index contributed by atoms with van der Waals surface area (Å²) in [4.78, 5) is 21.3. The normalized spacial score (nSPS) is 15.4. The van der Waals surface area contributed by atoms with E-state index in [-0.39, 0.29) is 12.7 Å². The molecule has 8 nitrogen and oxygen atoms in total. The third-order valence-electron chi connectivity index (χ3n) is 5.79. The molecule has 0 N–H and O–H groups in total. The molecule has 2 aromatic heterocycles. The average molecular weight is 446 g/mol. The molecule has 4 aromatic rings. The van der Waals surface area contributed by atoms with E-state index in [1.807, 2.05) is 53.4 Å². The van der Waals surface area contributed by atoms with E-state index >= 15 is 0 Å². The molecule has 0 radical (unpaired) electrons. The van der Waals surface area contributed by atoms with Crippen LogP contribution in [0.5, 0.6) is 11.5 Å². The second-order valence-corrected chi connectivity index (χ2v) is 8.55. The van der Waals surface area contributed by atoms with Gasteiger partial charge in [-0.2, -0.15) is 0 Å². The Bertz CT molecular complexity index is 1300. The van der Waals surface area contributed by atoms with Gasteiger partial charge in [-0.25, -0.2) is 4.98 Å². The number of anilines is 1. The fourth-order valence-electron chi connectivity index (χ4n) is 4.01. The Morgan fingerprint density at radius 1 is 0.906 bits per heavy atom. The number of hydrogen-bond donors (Lipinski definition) is 0. The molecule has 160 valence electrons. The molecule has 1 fully saturated rings. The maximum atomic E-state index is 12.9. The maximum absolute atomic E-state index is 12.9. The Labute approximate surface area is 188 Å². The third kappa shape index (κ3) is 3.40. The van der Waals surface area contributed by atoms with Crippen LogP contribution in [-0.2, 0) is 0 Å². The SMILES string of the molecule is O=C(c1ccc2ncsc2c1)N1CCN(c2ccc(-c3ccc4c(c3)OCO4)nn2)CC1. The van der Waals surface area contributed by atoms with E-state index in [9.17, 15) is 4.79 Å². The number of ether oxygens (including phenoxy) is 2. The summed E-state index contributed by atoms with van der Waals surface area (Å²) in [6.45, 7) is 2.97. The van der Waals surface area contributed by atoms with Gasteiger partial charge < -0.3 is 19.3 Å². The molecular formula is C23H19N5O3S. The predicted molar refractivity (Wildman–Crippen MR) is 121 cm³/mol. The van der Waals surface area contributed by atoms with Gasteiger partial charge in [-0.15, -0.1) is 21.5 Å². The minimum Gasteiger partial charge on any atom is -0.454 e. The first-order valence-corrected chi connectivity index (χ1v) is 11.2. The van der Waals surface area contributed by atoms with Crippen molar-refractivity contribution in [2.45, 2.75) is 0 Å². The summed E-state index contributed by atoms with van der Waals surface area (Å²) in [6.07, 6.45) is 0. The number of carbonyl (C=O) groups excluding carboxylic acids is 1. The van der Waals surface area contributed by atoms with E-state index in [2.05, 4.69) is 20.1 Å². The average Bonchev–Trinajstić information content (AvgIpc) is 3.52. The molecular weight excluding hydrogens is 426 g/mol. The Kier molecular flexibility index (Phi) is 4.61. The molecule has 0 spiro atoms. The highest BCUT2D eigenvalue weighted by molar-refractivity contribution is 7.16. The number of benzene rings is 2. The van der Waals surface area contributed by atoms with E-state index < -0.39 is 0 Å². The van der Waals surface area contributed by atoms with Crippen molar-refractivity contribution in [3.05, 3.63) is 59.6 Å². The molecule has 1 amide bonds. The quantitative estimate of drug-likeness (QED) is 0.478. The van der Waals surface area contributed by atoms with Crippen LogP contribution < -0.4 is 14.4 Å². The Morgan fingerprint density at radius 2 is 1.78 bits per heavy atom. The molecule has 0 aliphatic carbocycles. The van der Waals surface area contributed by atoms with Crippen molar-refractivity contribution in [3.8, 4) is 22.8 Å². The van der Waals surface area contributed by atoms with Crippen LogP contribution in [0.1, 0.15) is 10.4 Å². The molecule has 6 rings (SSSR count). The first kappa shape index (κ1) is 19.0. The largest absolute Gasteiger partial charge is 0.454 e. The van der Waals surface area contributed by atoms with Crippen molar-refractivity contribution in [2.75, 3.05) is 37.9 Å². The van der Waals surface area contributed by atoms with Crippen LogP contribution in [0.3, 0.4) is 0 Å². The first-order valence-electron chi connectivity index (χ1n) is 10.4. The molecule has 0 atom stereocenters. The molecule has 4 heterocycles. The molecule has 0 saturated carbocycles. The first-order chi connectivity index (χ1) is 15.7. The van der Waals surface area contributed by atoms with Crippen LogP contribution in [-0.4, -0.2) is 59.0 Å². The number of aromatic nitrogens is 3. The summed E-state index contributed by atoms with van der Waals surface area (Å²) in [7, 11) is 0. The lowest BCUT2D eigenvalue weighted by atomic mass is 10.1. The summed E-state index contributed by atoms with van der Waals surface area (Å²) in [5.41, 5.74) is 5.15. The van der Waals surface area contributed by atoms with Crippen LogP contribution in [0.4, 0.5) is 5.82 Å². The van der Waals surface area contributed by atoms with Gasteiger partial charge in [-0.1, -0.05) is 0 Å². The minimum atomic E-state index is 0.0594. The van der Waals surface area contributed by atoms with Crippen LogP contribution in [0.2, 0.25) is 0 Å². The van der Waals surface area contributed by atoms with Gasteiger partial charge in [0.1, 0.15) is 0 Å². The van der Waals surface area contributed by atoms with Crippen molar-refractivity contribution in [2.24, 2.45) is 0 Å². The van der Waals surface area contributed by atoms with Crippen LogP contribution >= 0.6 is 11.3 Å². The summed E-state index contributed by atoms with van der Waals surface area (Å²) in [6, 6.07) is 15.4. The Morgan fingerprint density at radius 3 is 2.62 bits per heavy atom. The summed E-state index contributed by atoms with van der Waals surface area (Å²) < 4.78 is 11.8. The number of fused-ring (bicyclic) bond motifs is 2. The zero-order valence-corrected chi connectivity index (χ0v) is 17.9. The fraction of sp³-hybridized carbons (Fsp3) is 0.217. The zero-order chi connectivity index (χ0) is 21.5. The summed E-state index contributed by atoms with van der Waals surface area (Å²) >= 11 is 1.55. The number of nitrogens with zero attached hydrogens (tertiary/aromatic N) is 5. The van der Waals surface area contributed by atoms with Crippen LogP contribution in [0, 0.1) is 0 Å². The number of thiazole rings is 1. The molecule has 2 aromatic carbocycles. The predicted octanol–water partition coefficient (Wildman–Crippen LogP) is 3.44. The lowest BCUT2D eigenvalue weighted by Crippen LogP contribution is -2.49. The van der Waals surface area contributed by atoms with Gasteiger partial charge in [0.25, 0.3) is 5.91 Å². The van der Waals surface area contributed by atoms with Crippen molar-refractivity contribution in [1.29, 1.82) is 0 Å². The van der Waals surface area contributed by atoms with Crippen LogP contribution in [0.15, 0.2) is 54.0 Å². The monoisotopic (exact) mass is 445 g/mol. The van der Waals surface area contributed by atoms with Crippen LogP contribution in [0.25, 0.3) is 21.5 Å². The molecule has 2 aliphatic heterocycles. The second-order valence-electron chi connectivity index (χ2n) is 7.66. The Hall–Kier alpha value is -3.72. The second kappa shape index (κ2) is 7.76. The van der Waals surface area contributed by atoms with Gasteiger partial charge in [-0.3, -0.25) is 4.79 Å². The standard InChI is InChI=1S/C23H19N5O3S/c29-23(16-1-3-18-21(12-16)32-13-24-18)28-9-7-27(8-10-28)22-6-4-17(25-26-22)15-2-5-19-20(11-15)31-14-30-19/h1-6,11-13H,7-10,14H2. The van der Waals surface area contributed by atoms with Gasteiger partial charge in [0.05, 0.1) is 21.4 Å². The number of carbonyl (C=O) groups is 1. The highest BCUT2D eigenvalue weighted by Gasteiger charge is 2.23. The van der Waals surface area contributed by atoms with Gasteiger partial charge >= 0.3 is 0 Å². The van der Waals surface area contributed by atoms with E-state index in [1.54, 1.807) is 16.8 Å². The number of piperazine rings is 1. The minimum absolute atomic E-state index is 0.0594. The Balaban J connectivity index is 1.12.